The van der Waals surface area contributed by atoms with Gasteiger partial charge in [-0.25, -0.2) is 0 Å². The van der Waals surface area contributed by atoms with Crippen LogP contribution in [0.5, 0.6) is 0 Å². The molecule has 3 aromatic rings. The SMILES string of the molecule is CC[C@H]1N=C(Nc2cc(-c3ccccc3Cl)nc3c2CCCC3)c2ccccc21. The summed E-state index contributed by atoms with van der Waals surface area (Å²) in [6, 6.07) is 18.9. The smallest absolute Gasteiger partial charge is 0.133 e. The summed E-state index contributed by atoms with van der Waals surface area (Å²) in [7, 11) is 0. The number of benzene rings is 2. The maximum Gasteiger partial charge on any atom is 0.133 e. The Bertz CT molecular complexity index is 1100. The Kier molecular flexibility index (Phi) is 4.84. The van der Waals surface area contributed by atoms with Gasteiger partial charge < -0.3 is 5.32 Å². The number of fused-ring (bicyclic) bond motifs is 2. The highest BCUT2D eigenvalue weighted by molar-refractivity contribution is 6.33. The summed E-state index contributed by atoms with van der Waals surface area (Å²) >= 11 is 6.49. The van der Waals surface area contributed by atoms with Crippen LogP contribution in [-0.2, 0) is 12.8 Å². The first-order chi connectivity index (χ1) is 14.2. The van der Waals surface area contributed by atoms with Crippen LogP contribution in [0.3, 0.4) is 0 Å². The first-order valence-electron chi connectivity index (χ1n) is 10.5. The molecule has 2 aromatic carbocycles. The molecule has 0 saturated carbocycles. The van der Waals surface area contributed by atoms with Gasteiger partial charge in [0.2, 0.25) is 0 Å². The Labute approximate surface area is 176 Å². The van der Waals surface area contributed by atoms with E-state index in [0.717, 1.165) is 47.1 Å². The van der Waals surface area contributed by atoms with Crippen LogP contribution >= 0.6 is 11.6 Å². The molecule has 29 heavy (non-hydrogen) atoms. The predicted octanol–water partition coefficient (Wildman–Crippen LogP) is 6.60. The highest BCUT2D eigenvalue weighted by Gasteiger charge is 2.25. The van der Waals surface area contributed by atoms with Crippen molar-refractivity contribution in [1.29, 1.82) is 0 Å². The molecule has 1 aliphatic carbocycles. The zero-order valence-electron chi connectivity index (χ0n) is 16.6. The van der Waals surface area contributed by atoms with Crippen molar-refractivity contribution in [3.8, 4) is 11.3 Å². The zero-order chi connectivity index (χ0) is 19.8. The summed E-state index contributed by atoms with van der Waals surface area (Å²) in [5.74, 6) is 0.969. The van der Waals surface area contributed by atoms with Crippen molar-refractivity contribution in [3.05, 3.63) is 82.0 Å². The van der Waals surface area contributed by atoms with Crippen molar-refractivity contribution in [2.24, 2.45) is 4.99 Å². The topological polar surface area (TPSA) is 37.3 Å². The molecule has 1 aliphatic heterocycles. The van der Waals surface area contributed by atoms with E-state index in [0.29, 0.717) is 0 Å². The van der Waals surface area contributed by atoms with Gasteiger partial charge in [0, 0.05) is 27.5 Å². The lowest BCUT2D eigenvalue weighted by atomic mass is 9.93. The van der Waals surface area contributed by atoms with Crippen LogP contribution in [0.25, 0.3) is 11.3 Å². The highest BCUT2D eigenvalue weighted by atomic mass is 35.5. The van der Waals surface area contributed by atoms with E-state index >= 15 is 0 Å². The number of nitrogens with zero attached hydrogens (tertiary/aromatic N) is 2. The van der Waals surface area contributed by atoms with Crippen molar-refractivity contribution in [1.82, 2.24) is 4.98 Å². The van der Waals surface area contributed by atoms with Crippen LogP contribution in [0, 0.1) is 0 Å². The monoisotopic (exact) mass is 401 g/mol. The first kappa shape index (κ1) is 18.4. The number of pyridine rings is 1. The van der Waals surface area contributed by atoms with Gasteiger partial charge in [0.05, 0.1) is 11.7 Å². The van der Waals surface area contributed by atoms with Crippen LogP contribution in [0.1, 0.15) is 54.6 Å². The highest BCUT2D eigenvalue weighted by Crippen LogP contribution is 2.36. The van der Waals surface area contributed by atoms with Crippen molar-refractivity contribution >= 4 is 23.1 Å². The average Bonchev–Trinajstić information content (AvgIpc) is 3.12. The molecule has 0 radical (unpaired) electrons. The first-order valence-corrected chi connectivity index (χ1v) is 10.8. The van der Waals surface area contributed by atoms with Crippen molar-refractivity contribution in [3.63, 3.8) is 0 Å². The standard InChI is InChI=1S/C25H24ClN3/c1-2-21-16-9-3-4-10-17(16)25(28-21)29-24-15-23(18-11-5-7-13-20(18)26)27-22-14-8-6-12-19(22)24/h3-5,7,9-11,13,15,21H,2,6,8,12,14H2,1H3,(H,27,28,29)/t21-/m1/s1. The number of nitrogens with one attached hydrogen (secondary N) is 1. The van der Waals surface area contributed by atoms with Gasteiger partial charge in [0.25, 0.3) is 0 Å². The van der Waals surface area contributed by atoms with Gasteiger partial charge >= 0.3 is 0 Å². The lowest BCUT2D eigenvalue weighted by molar-refractivity contribution is 0.670. The molecule has 146 valence electrons. The molecule has 0 amide bonds. The Morgan fingerprint density at radius 2 is 1.76 bits per heavy atom. The third kappa shape index (κ3) is 3.34. The molecule has 1 aromatic heterocycles. The van der Waals surface area contributed by atoms with Gasteiger partial charge in [-0.15, -0.1) is 0 Å². The van der Waals surface area contributed by atoms with E-state index in [1.54, 1.807) is 0 Å². The van der Waals surface area contributed by atoms with Gasteiger partial charge in [-0.2, -0.15) is 0 Å². The summed E-state index contributed by atoms with van der Waals surface area (Å²) in [5, 5.41) is 4.42. The van der Waals surface area contributed by atoms with E-state index in [1.807, 2.05) is 24.3 Å². The minimum absolute atomic E-state index is 0.231. The molecular weight excluding hydrogens is 378 g/mol. The van der Waals surface area contributed by atoms with Gasteiger partial charge in [-0.1, -0.05) is 61.0 Å². The molecule has 1 N–H and O–H groups in total. The number of rotatable bonds is 3. The summed E-state index contributed by atoms with van der Waals surface area (Å²) < 4.78 is 0. The van der Waals surface area contributed by atoms with Gasteiger partial charge in [0.1, 0.15) is 5.84 Å². The molecule has 0 spiro atoms. The maximum absolute atomic E-state index is 6.49. The lowest BCUT2D eigenvalue weighted by Gasteiger charge is -2.21. The van der Waals surface area contributed by atoms with Crippen molar-refractivity contribution in [2.75, 3.05) is 5.32 Å². The number of amidine groups is 1. The minimum atomic E-state index is 0.231. The fourth-order valence-corrected chi connectivity index (χ4v) is 4.69. The molecule has 0 fully saturated rings. The Morgan fingerprint density at radius 3 is 2.59 bits per heavy atom. The Morgan fingerprint density at radius 1 is 1.00 bits per heavy atom. The summed E-state index contributed by atoms with van der Waals surface area (Å²) in [6.07, 6.45) is 5.46. The summed E-state index contributed by atoms with van der Waals surface area (Å²) in [4.78, 5) is 9.99. The molecule has 0 saturated heterocycles. The van der Waals surface area contributed by atoms with E-state index in [1.165, 1.54) is 35.2 Å². The van der Waals surface area contributed by atoms with Crippen LogP contribution in [-0.4, -0.2) is 10.8 Å². The van der Waals surface area contributed by atoms with E-state index in [4.69, 9.17) is 21.6 Å². The number of hydrogen-bond acceptors (Lipinski definition) is 3. The second-order valence-electron chi connectivity index (χ2n) is 7.78. The Balaban J connectivity index is 1.60. The van der Waals surface area contributed by atoms with Crippen molar-refractivity contribution in [2.45, 2.75) is 45.1 Å². The van der Waals surface area contributed by atoms with Crippen LogP contribution in [0.4, 0.5) is 5.69 Å². The van der Waals surface area contributed by atoms with Gasteiger partial charge in [-0.3, -0.25) is 9.98 Å². The lowest BCUT2D eigenvalue weighted by Crippen LogP contribution is -2.16. The molecular formula is C25H24ClN3. The van der Waals surface area contributed by atoms with E-state index in [-0.39, 0.29) is 6.04 Å². The number of aliphatic imine (C=N–C) groups is 1. The molecule has 2 aliphatic rings. The summed E-state index contributed by atoms with van der Waals surface area (Å²) in [5.41, 5.74) is 8.06. The normalized spacial score (nSPS) is 17.4. The second kappa shape index (κ2) is 7.64. The molecule has 1 atom stereocenters. The molecule has 0 unspecified atom stereocenters. The average molecular weight is 402 g/mol. The fourth-order valence-electron chi connectivity index (χ4n) is 4.46. The van der Waals surface area contributed by atoms with E-state index in [2.05, 4.69) is 42.6 Å². The number of aryl methyl sites for hydroxylation is 1. The number of halogens is 1. The third-order valence-electron chi connectivity index (χ3n) is 5.95. The van der Waals surface area contributed by atoms with Crippen LogP contribution < -0.4 is 5.32 Å². The predicted molar refractivity (Wildman–Crippen MR) is 121 cm³/mol. The maximum atomic E-state index is 6.49. The largest absolute Gasteiger partial charge is 0.340 e. The Hall–Kier alpha value is -2.65. The molecule has 2 heterocycles. The molecule has 5 rings (SSSR count). The molecule has 3 nitrogen and oxygen atoms in total. The van der Waals surface area contributed by atoms with Crippen LogP contribution in [0.2, 0.25) is 5.02 Å². The third-order valence-corrected chi connectivity index (χ3v) is 6.28. The molecule has 0 bridgehead atoms. The fraction of sp³-hybridized carbons (Fsp3) is 0.280. The van der Waals surface area contributed by atoms with Gasteiger partial charge in [0.15, 0.2) is 0 Å². The van der Waals surface area contributed by atoms with Crippen molar-refractivity contribution < 1.29 is 0 Å². The van der Waals surface area contributed by atoms with Gasteiger partial charge in [-0.05, 0) is 55.4 Å². The zero-order valence-corrected chi connectivity index (χ0v) is 17.3. The second-order valence-corrected chi connectivity index (χ2v) is 8.19. The number of hydrogen-bond donors (Lipinski definition) is 1. The molecule has 4 heteroatoms. The summed E-state index contributed by atoms with van der Waals surface area (Å²) in [6.45, 7) is 2.19. The number of anilines is 1. The number of aromatic nitrogens is 1. The van der Waals surface area contributed by atoms with E-state index in [9.17, 15) is 0 Å². The van der Waals surface area contributed by atoms with Crippen LogP contribution in [0.15, 0.2) is 59.6 Å². The van der Waals surface area contributed by atoms with E-state index < -0.39 is 0 Å². The quantitative estimate of drug-likeness (QED) is 0.536. The minimum Gasteiger partial charge on any atom is -0.340 e.